The van der Waals surface area contributed by atoms with E-state index in [0.29, 0.717) is 30.3 Å². The van der Waals surface area contributed by atoms with Crippen molar-refractivity contribution in [3.63, 3.8) is 0 Å². The monoisotopic (exact) mass is 418 g/mol. The molecule has 178 valence electrons. The third-order valence-electron chi connectivity index (χ3n) is 5.32. The van der Waals surface area contributed by atoms with Crippen LogP contribution in [-0.2, 0) is 18.9 Å². The Morgan fingerprint density at radius 3 is 1.79 bits per heavy atom. The third-order valence-corrected chi connectivity index (χ3v) is 5.32. The van der Waals surface area contributed by atoms with Crippen molar-refractivity contribution in [3.05, 3.63) is 0 Å². The van der Waals surface area contributed by atoms with Gasteiger partial charge in [0.15, 0.2) is 0 Å². The Morgan fingerprint density at radius 1 is 0.862 bits per heavy atom. The summed E-state index contributed by atoms with van der Waals surface area (Å²) in [4.78, 5) is 0. The van der Waals surface area contributed by atoms with Gasteiger partial charge in [-0.15, -0.1) is 0 Å². The molecule has 4 fully saturated rings. The normalized spacial score (nSPS) is 30.2. The molecule has 0 N–H and O–H groups in total. The largest absolute Gasteiger partial charge is 0.385 e. The molecule has 6 atom stereocenters. The number of ether oxygens (including phenoxy) is 4. The van der Waals surface area contributed by atoms with Crippen molar-refractivity contribution in [1.29, 1.82) is 0 Å². The second-order valence-electron chi connectivity index (χ2n) is 7.29. The highest BCUT2D eigenvalue weighted by Crippen LogP contribution is 2.40. The summed E-state index contributed by atoms with van der Waals surface area (Å²) in [6, 6.07) is 0. The zero-order valence-electron chi connectivity index (χ0n) is 21.5. The van der Waals surface area contributed by atoms with Crippen LogP contribution >= 0.6 is 0 Å². The molecule has 29 heavy (non-hydrogen) atoms. The molecular formula is C25H54O4. The Bertz CT molecular complexity index is 316. The maximum atomic E-state index is 5.41. The van der Waals surface area contributed by atoms with E-state index in [1.165, 1.54) is 32.1 Å². The van der Waals surface area contributed by atoms with Crippen molar-refractivity contribution in [2.75, 3.05) is 26.9 Å². The van der Waals surface area contributed by atoms with Gasteiger partial charge in [0.2, 0.25) is 0 Å². The van der Waals surface area contributed by atoms with E-state index in [2.05, 4.69) is 20.8 Å². The molecule has 0 aromatic rings. The molecule has 6 unspecified atom stereocenters. The average molecular weight is 419 g/mol. The molecule has 0 aromatic heterocycles. The van der Waals surface area contributed by atoms with Crippen LogP contribution in [0.4, 0.5) is 0 Å². The summed E-state index contributed by atoms with van der Waals surface area (Å²) < 4.78 is 20.3. The lowest BCUT2D eigenvalue weighted by Crippen LogP contribution is -2.11. The Kier molecular flexibility index (Phi) is 22.6. The lowest BCUT2D eigenvalue weighted by molar-refractivity contribution is 0.171. The number of fused-ring (bicyclic) bond motifs is 1. The molecule has 3 aliphatic heterocycles. The number of hydrogen-bond acceptors (Lipinski definition) is 4. The Balaban J connectivity index is 0. The van der Waals surface area contributed by atoms with Crippen molar-refractivity contribution in [3.8, 4) is 0 Å². The van der Waals surface area contributed by atoms with Crippen molar-refractivity contribution in [1.82, 2.24) is 0 Å². The van der Waals surface area contributed by atoms with Gasteiger partial charge in [-0.2, -0.15) is 0 Å². The highest BCUT2D eigenvalue weighted by molar-refractivity contribution is 4.91. The van der Waals surface area contributed by atoms with Gasteiger partial charge in [0.05, 0.1) is 37.6 Å². The number of rotatable bonds is 6. The van der Waals surface area contributed by atoms with Crippen LogP contribution in [0.3, 0.4) is 0 Å². The van der Waals surface area contributed by atoms with E-state index in [1.807, 2.05) is 41.5 Å². The number of hydrogen-bond donors (Lipinski definition) is 0. The van der Waals surface area contributed by atoms with Gasteiger partial charge >= 0.3 is 0 Å². The predicted molar refractivity (Wildman–Crippen MR) is 126 cm³/mol. The maximum Gasteiger partial charge on any atom is 0.0844 e. The van der Waals surface area contributed by atoms with Crippen LogP contribution in [0.15, 0.2) is 0 Å². The highest BCUT2D eigenvalue weighted by atomic mass is 16.6. The van der Waals surface area contributed by atoms with Crippen molar-refractivity contribution in [2.24, 2.45) is 11.8 Å². The fraction of sp³-hybridized carbons (Fsp3) is 1.00. The topological polar surface area (TPSA) is 46.8 Å². The summed E-state index contributed by atoms with van der Waals surface area (Å²) in [5, 5.41) is 0. The van der Waals surface area contributed by atoms with Gasteiger partial charge in [-0.05, 0) is 43.9 Å². The Labute approximate surface area is 183 Å². The standard InChI is InChI=1S/C8H14O.C7H14O2.C4H8O.3C2H6/c1-2-6-3-4-7-8(5-6)9-7;1-6(3-4-8-2)7-5-9-7;1-2-4-3-5-4;3*1-2/h6-8H,2-5H2,1H3;6-7H,3-5H2,1-2H3;4H,2-3H2,1H3;3*1-2H3. The fourth-order valence-electron chi connectivity index (χ4n) is 3.04. The fourth-order valence-corrected chi connectivity index (χ4v) is 3.04. The second kappa shape index (κ2) is 21.1. The summed E-state index contributed by atoms with van der Waals surface area (Å²) >= 11 is 0. The van der Waals surface area contributed by atoms with Gasteiger partial charge in [-0.1, -0.05) is 68.7 Å². The molecule has 0 radical (unpaired) electrons. The van der Waals surface area contributed by atoms with E-state index in [0.717, 1.165) is 32.2 Å². The van der Waals surface area contributed by atoms with Crippen LogP contribution in [0.25, 0.3) is 0 Å². The summed E-state index contributed by atoms with van der Waals surface area (Å²) in [6.07, 6.45) is 10.3. The second-order valence-corrected chi connectivity index (χ2v) is 7.29. The molecule has 4 nitrogen and oxygen atoms in total. The summed E-state index contributed by atoms with van der Waals surface area (Å²) in [5.74, 6) is 1.67. The molecular weight excluding hydrogens is 364 g/mol. The molecule has 3 heterocycles. The lowest BCUT2D eigenvalue weighted by atomic mass is 9.88. The molecule has 4 rings (SSSR count). The van der Waals surface area contributed by atoms with Crippen LogP contribution in [-0.4, -0.2) is 51.3 Å². The quantitative estimate of drug-likeness (QED) is 0.440. The summed E-state index contributed by atoms with van der Waals surface area (Å²) in [5.41, 5.74) is 0. The van der Waals surface area contributed by atoms with Gasteiger partial charge in [-0.3, -0.25) is 0 Å². The van der Waals surface area contributed by atoms with Crippen LogP contribution in [0.1, 0.15) is 101 Å². The van der Waals surface area contributed by atoms with Crippen LogP contribution < -0.4 is 0 Å². The summed E-state index contributed by atoms with van der Waals surface area (Å²) in [7, 11) is 1.74. The van der Waals surface area contributed by atoms with Gasteiger partial charge in [0.1, 0.15) is 0 Å². The molecule has 4 heteroatoms. The molecule has 0 bridgehead atoms. The van der Waals surface area contributed by atoms with Crippen molar-refractivity contribution < 1.29 is 18.9 Å². The summed E-state index contributed by atoms with van der Waals surface area (Å²) in [6.45, 7) is 21.5. The predicted octanol–water partition coefficient (Wildman–Crippen LogP) is 6.90. The number of epoxide rings is 3. The van der Waals surface area contributed by atoms with E-state index in [4.69, 9.17) is 18.9 Å². The first-order chi connectivity index (χ1) is 14.2. The van der Waals surface area contributed by atoms with E-state index < -0.39 is 0 Å². The van der Waals surface area contributed by atoms with E-state index >= 15 is 0 Å². The molecule has 0 spiro atoms. The van der Waals surface area contributed by atoms with Crippen LogP contribution in [0.5, 0.6) is 0 Å². The smallest absolute Gasteiger partial charge is 0.0844 e. The third kappa shape index (κ3) is 17.2. The van der Waals surface area contributed by atoms with E-state index in [9.17, 15) is 0 Å². The van der Waals surface area contributed by atoms with Gasteiger partial charge in [0, 0.05) is 13.7 Å². The number of methoxy groups -OCH3 is 1. The molecule has 0 aromatic carbocycles. The minimum Gasteiger partial charge on any atom is -0.385 e. The van der Waals surface area contributed by atoms with Crippen molar-refractivity contribution in [2.45, 2.75) is 125 Å². The first-order valence-corrected chi connectivity index (χ1v) is 12.5. The zero-order chi connectivity index (χ0) is 22.7. The lowest BCUT2D eigenvalue weighted by Gasteiger charge is -2.15. The Hall–Kier alpha value is -0.160. The zero-order valence-corrected chi connectivity index (χ0v) is 21.5. The SMILES string of the molecule is CC.CC.CC.CCC1CCC2OC2C1.CCC1CO1.COCCC(C)C1CO1. The average Bonchev–Trinajstić information content (AvgIpc) is 3.65. The molecule has 0 amide bonds. The molecule has 1 aliphatic carbocycles. The Morgan fingerprint density at radius 2 is 1.45 bits per heavy atom. The first kappa shape index (κ1) is 31.0. The van der Waals surface area contributed by atoms with E-state index in [-0.39, 0.29) is 0 Å². The van der Waals surface area contributed by atoms with Crippen molar-refractivity contribution >= 4 is 0 Å². The van der Waals surface area contributed by atoms with Crippen LogP contribution in [0, 0.1) is 11.8 Å². The minimum absolute atomic E-state index is 0.542. The molecule has 1 saturated carbocycles. The molecule has 3 saturated heterocycles. The van der Waals surface area contributed by atoms with Crippen LogP contribution in [0.2, 0.25) is 0 Å². The maximum absolute atomic E-state index is 5.41. The van der Waals surface area contributed by atoms with E-state index in [1.54, 1.807) is 7.11 Å². The van der Waals surface area contributed by atoms with Gasteiger partial charge < -0.3 is 18.9 Å². The minimum atomic E-state index is 0.542. The first-order valence-electron chi connectivity index (χ1n) is 12.5. The van der Waals surface area contributed by atoms with Gasteiger partial charge in [-0.25, -0.2) is 0 Å². The van der Waals surface area contributed by atoms with Gasteiger partial charge in [0.25, 0.3) is 0 Å². The molecule has 4 aliphatic rings. The highest BCUT2D eigenvalue weighted by Gasteiger charge is 2.43.